The Kier molecular flexibility index (Phi) is 4.85. The van der Waals surface area contributed by atoms with Gasteiger partial charge >= 0.3 is 18.9 Å². The SMILES string of the molecule is [Li+].[NH-]N=C(c1ccccc1)c1ccccc1. The van der Waals surface area contributed by atoms with Crippen molar-refractivity contribution < 1.29 is 18.9 Å². The molecule has 16 heavy (non-hydrogen) atoms. The number of hydrogen-bond acceptors (Lipinski definition) is 1. The third-order valence-corrected chi connectivity index (χ3v) is 2.21. The van der Waals surface area contributed by atoms with Crippen LogP contribution in [0.3, 0.4) is 0 Å². The second-order valence-electron chi connectivity index (χ2n) is 3.19. The van der Waals surface area contributed by atoms with Gasteiger partial charge in [-0.15, -0.1) is 0 Å². The van der Waals surface area contributed by atoms with Crippen molar-refractivity contribution in [1.82, 2.24) is 0 Å². The summed E-state index contributed by atoms with van der Waals surface area (Å²) in [6.45, 7) is 0. The molecule has 74 valence electrons. The van der Waals surface area contributed by atoms with Gasteiger partial charge in [0.2, 0.25) is 0 Å². The van der Waals surface area contributed by atoms with Gasteiger partial charge in [-0.1, -0.05) is 60.7 Å². The van der Waals surface area contributed by atoms with Crippen molar-refractivity contribution in [3.8, 4) is 0 Å². The van der Waals surface area contributed by atoms with Crippen LogP contribution in [0.5, 0.6) is 0 Å². The molecule has 0 unspecified atom stereocenters. The van der Waals surface area contributed by atoms with Crippen molar-refractivity contribution in [3.05, 3.63) is 77.6 Å². The predicted octanol–water partition coefficient (Wildman–Crippen LogP) is 0.495. The Labute approximate surface area is 107 Å². The maximum Gasteiger partial charge on any atom is 1.00 e. The molecule has 2 rings (SSSR count). The van der Waals surface area contributed by atoms with Crippen molar-refractivity contribution in [2.75, 3.05) is 0 Å². The first kappa shape index (κ1) is 12.6. The summed E-state index contributed by atoms with van der Waals surface area (Å²) in [4.78, 5) is 0. The fourth-order valence-corrected chi connectivity index (χ4v) is 1.49. The van der Waals surface area contributed by atoms with Gasteiger partial charge < -0.3 is 10.9 Å². The second-order valence-corrected chi connectivity index (χ2v) is 3.19. The largest absolute Gasteiger partial charge is 1.00 e. The van der Waals surface area contributed by atoms with Crippen LogP contribution in [-0.4, -0.2) is 5.71 Å². The van der Waals surface area contributed by atoms with Crippen molar-refractivity contribution in [1.29, 1.82) is 0 Å². The number of hydrogen-bond donors (Lipinski definition) is 0. The van der Waals surface area contributed by atoms with Gasteiger partial charge in [0.05, 0.1) is 5.71 Å². The minimum absolute atomic E-state index is 0. The maximum absolute atomic E-state index is 7.22. The molecule has 2 nitrogen and oxygen atoms in total. The Balaban J connectivity index is 0.00000128. The first-order valence-corrected chi connectivity index (χ1v) is 4.77. The first-order chi connectivity index (χ1) is 7.42. The summed E-state index contributed by atoms with van der Waals surface area (Å²) >= 11 is 0. The molecule has 0 heterocycles. The van der Waals surface area contributed by atoms with E-state index in [1.54, 1.807) is 0 Å². The zero-order valence-corrected chi connectivity index (χ0v) is 9.22. The zero-order valence-electron chi connectivity index (χ0n) is 9.22. The number of benzene rings is 2. The molecule has 0 fully saturated rings. The van der Waals surface area contributed by atoms with Gasteiger partial charge in [-0.2, -0.15) is 0 Å². The van der Waals surface area contributed by atoms with Crippen LogP contribution >= 0.6 is 0 Å². The van der Waals surface area contributed by atoms with Crippen molar-refractivity contribution >= 4 is 5.71 Å². The van der Waals surface area contributed by atoms with E-state index >= 15 is 0 Å². The Morgan fingerprint density at radius 2 is 1.12 bits per heavy atom. The molecular weight excluding hydrogens is 191 g/mol. The smallest absolute Gasteiger partial charge is 0.616 e. The molecule has 0 bridgehead atoms. The third kappa shape index (κ3) is 2.76. The van der Waals surface area contributed by atoms with E-state index < -0.39 is 0 Å². The molecule has 0 aromatic heterocycles. The van der Waals surface area contributed by atoms with Crippen LogP contribution in [0.25, 0.3) is 5.84 Å². The molecule has 0 aliphatic rings. The average molecular weight is 202 g/mol. The van der Waals surface area contributed by atoms with Crippen LogP contribution in [0.2, 0.25) is 0 Å². The number of rotatable bonds is 2. The molecule has 2 aromatic rings. The summed E-state index contributed by atoms with van der Waals surface area (Å²) in [6, 6.07) is 19.5. The van der Waals surface area contributed by atoms with E-state index in [9.17, 15) is 0 Å². The summed E-state index contributed by atoms with van der Waals surface area (Å²) in [6.07, 6.45) is 0. The van der Waals surface area contributed by atoms with E-state index in [0.717, 1.165) is 11.1 Å². The van der Waals surface area contributed by atoms with Gasteiger partial charge in [-0.05, 0) is 11.1 Å². The molecule has 0 aliphatic heterocycles. The Bertz CT molecular complexity index is 410. The monoisotopic (exact) mass is 202 g/mol. The normalized spacial score (nSPS) is 9.00. The molecule has 0 radical (unpaired) electrons. The van der Waals surface area contributed by atoms with Gasteiger partial charge in [-0.3, -0.25) is 0 Å². The van der Waals surface area contributed by atoms with Gasteiger partial charge in [0.25, 0.3) is 0 Å². The minimum atomic E-state index is 0. The molecule has 0 saturated heterocycles. The standard InChI is InChI=1S/C13H11N2.Li/c14-15-13(11-7-3-1-4-8-11)12-9-5-2-6-10-12;/h1-10,14H;/q-1;+1. The average Bonchev–Trinajstić information content (AvgIpc) is 2.33. The molecule has 0 saturated carbocycles. The van der Waals surface area contributed by atoms with E-state index in [1.165, 1.54) is 0 Å². The van der Waals surface area contributed by atoms with E-state index in [2.05, 4.69) is 5.10 Å². The van der Waals surface area contributed by atoms with Crippen molar-refractivity contribution in [2.24, 2.45) is 5.10 Å². The summed E-state index contributed by atoms with van der Waals surface area (Å²) in [5, 5.41) is 3.60. The summed E-state index contributed by atoms with van der Waals surface area (Å²) in [5.74, 6) is 7.22. The zero-order chi connectivity index (χ0) is 10.5. The van der Waals surface area contributed by atoms with Gasteiger partial charge in [0.15, 0.2) is 0 Å². The Hall–Kier alpha value is -1.49. The molecule has 3 heteroatoms. The number of nitrogens with zero attached hydrogens (tertiary/aromatic N) is 1. The molecular formula is C13H11LiN2. The van der Waals surface area contributed by atoms with Crippen molar-refractivity contribution in [2.45, 2.75) is 0 Å². The number of nitrogens with one attached hydrogen (secondary N) is 1. The third-order valence-electron chi connectivity index (χ3n) is 2.21. The fraction of sp³-hybridized carbons (Fsp3) is 0. The van der Waals surface area contributed by atoms with Crippen LogP contribution in [0, 0.1) is 0 Å². The fourth-order valence-electron chi connectivity index (χ4n) is 1.49. The van der Waals surface area contributed by atoms with E-state index in [-0.39, 0.29) is 18.9 Å². The van der Waals surface area contributed by atoms with Gasteiger partial charge in [-0.25, -0.2) is 0 Å². The topological polar surface area (TPSA) is 36.2 Å². The van der Waals surface area contributed by atoms with Crippen LogP contribution < -0.4 is 18.9 Å². The predicted molar refractivity (Wildman–Crippen MR) is 62.8 cm³/mol. The van der Waals surface area contributed by atoms with Gasteiger partial charge in [0, 0.05) is 0 Å². The van der Waals surface area contributed by atoms with E-state index in [4.69, 9.17) is 5.84 Å². The minimum Gasteiger partial charge on any atom is -0.616 e. The molecule has 0 amide bonds. The summed E-state index contributed by atoms with van der Waals surface area (Å²) in [5.41, 5.74) is 2.65. The van der Waals surface area contributed by atoms with E-state index in [0.29, 0.717) is 5.71 Å². The second kappa shape index (κ2) is 6.17. The Morgan fingerprint density at radius 1 is 0.750 bits per heavy atom. The summed E-state index contributed by atoms with van der Waals surface area (Å²) in [7, 11) is 0. The molecule has 0 aliphatic carbocycles. The van der Waals surface area contributed by atoms with Crippen molar-refractivity contribution in [3.63, 3.8) is 0 Å². The molecule has 0 spiro atoms. The first-order valence-electron chi connectivity index (χ1n) is 4.77. The van der Waals surface area contributed by atoms with Crippen LogP contribution in [0.1, 0.15) is 11.1 Å². The van der Waals surface area contributed by atoms with Crippen LogP contribution in [0.4, 0.5) is 0 Å². The molecule has 2 aromatic carbocycles. The van der Waals surface area contributed by atoms with E-state index in [1.807, 2.05) is 60.7 Å². The summed E-state index contributed by atoms with van der Waals surface area (Å²) < 4.78 is 0. The van der Waals surface area contributed by atoms with Crippen LogP contribution in [-0.2, 0) is 0 Å². The van der Waals surface area contributed by atoms with Crippen LogP contribution in [0.15, 0.2) is 65.8 Å². The van der Waals surface area contributed by atoms with Gasteiger partial charge in [0.1, 0.15) is 0 Å². The quantitative estimate of drug-likeness (QED) is 0.386. The maximum atomic E-state index is 7.22. The Morgan fingerprint density at radius 3 is 1.44 bits per heavy atom. The molecule has 0 atom stereocenters. The molecule has 1 N–H and O–H groups in total.